The molecule has 0 aliphatic heterocycles. The van der Waals surface area contributed by atoms with Crippen molar-refractivity contribution in [1.29, 1.82) is 0 Å². The zero-order valence-electron chi connectivity index (χ0n) is 17.1. The highest BCUT2D eigenvalue weighted by molar-refractivity contribution is 5.51. The molecule has 23 heavy (non-hydrogen) atoms. The van der Waals surface area contributed by atoms with Crippen molar-refractivity contribution in [2.45, 2.75) is 81.6 Å². The van der Waals surface area contributed by atoms with Crippen molar-refractivity contribution < 1.29 is 0 Å². The molecular formula is C23H38. The van der Waals surface area contributed by atoms with Gasteiger partial charge in [-0.1, -0.05) is 63.6 Å². The summed E-state index contributed by atoms with van der Waals surface area (Å²) in [5.41, 5.74) is 9.46. The van der Waals surface area contributed by atoms with Gasteiger partial charge in [0.2, 0.25) is 0 Å². The van der Waals surface area contributed by atoms with Crippen molar-refractivity contribution in [1.82, 2.24) is 0 Å². The van der Waals surface area contributed by atoms with Crippen LogP contribution in [0, 0.1) is 5.41 Å². The van der Waals surface area contributed by atoms with Gasteiger partial charge in [-0.25, -0.2) is 0 Å². The van der Waals surface area contributed by atoms with Gasteiger partial charge in [0.25, 0.3) is 0 Å². The van der Waals surface area contributed by atoms with Gasteiger partial charge in [0.1, 0.15) is 0 Å². The normalized spacial score (nSPS) is 15.1. The second-order valence-corrected chi connectivity index (χ2v) is 8.09. The maximum absolute atomic E-state index is 4.21. The van der Waals surface area contributed by atoms with Crippen molar-refractivity contribution >= 4 is 0 Å². The third-order valence-electron chi connectivity index (χ3n) is 4.61. The number of hydrogen-bond donors (Lipinski definition) is 0. The molecular weight excluding hydrogens is 276 g/mol. The molecule has 0 aromatic rings. The van der Waals surface area contributed by atoms with Crippen molar-refractivity contribution in [3.05, 3.63) is 58.2 Å². The third kappa shape index (κ3) is 7.68. The average molecular weight is 315 g/mol. The Labute approximate surface area is 145 Å². The molecule has 0 atom stereocenters. The first-order chi connectivity index (χ1) is 10.4. The van der Waals surface area contributed by atoms with Gasteiger partial charge in [0.05, 0.1) is 0 Å². The predicted octanol–water partition coefficient (Wildman–Crippen LogP) is 7.95. The van der Waals surface area contributed by atoms with Crippen LogP contribution in [0.25, 0.3) is 0 Å². The summed E-state index contributed by atoms with van der Waals surface area (Å²) >= 11 is 0. The van der Waals surface area contributed by atoms with Gasteiger partial charge in [0, 0.05) is 0 Å². The molecule has 0 amide bonds. The second kappa shape index (κ2) is 9.11. The maximum atomic E-state index is 4.21. The Kier molecular flexibility index (Phi) is 8.59. The van der Waals surface area contributed by atoms with E-state index in [1.165, 1.54) is 39.9 Å². The van der Waals surface area contributed by atoms with E-state index in [-0.39, 0.29) is 0 Å². The third-order valence-corrected chi connectivity index (χ3v) is 4.61. The minimum absolute atomic E-state index is 0.344. The molecule has 0 spiro atoms. The van der Waals surface area contributed by atoms with Crippen LogP contribution in [0.1, 0.15) is 81.6 Å². The van der Waals surface area contributed by atoms with Gasteiger partial charge in [-0.15, -0.1) is 0 Å². The lowest BCUT2D eigenvalue weighted by atomic mass is 9.85. The average Bonchev–Trinajstić information content (AvgIpc) is 2.43. The molecule has 0 aromatic carbocycles. The van der Waals surface area contributed by atoms with E-state index in [2.05, 4.69) is 81.5 Å². The molecule has 0 aromatic heterocycles. The van der Waals surface area contributed by atoms with Gasteiger partial charge in [-0.3, -0.25) is 0 Å². The first-order valence-corrected chi connectivity index (χ1v) is 8.80. The van der Waals surface area contributed by atoms with E-state index in [0.29, 0.717) is 5.41 Å². The minimum atomic E-state index is 0.344. The summed E-state index contributed by atoms with van der Waals surface area (Å²) in [5, 5.41) is 0. The molecule has 0 aliphatic carbocycles. The van der Waals surface area contributed by atoms with Crippen LogP contribution >= 0.6 is 0 Å². The minimum Gasteiger partial charge on any atom is -0.0958 e. The van der Waals surface area contributed by atoms with Crippen molar-refractivity contribution in [2.24, 2.45) is 5.41 Å². The molecule has 0 saturated heterocycles. The highest BCUT2D eigenvalue weighted by atomic mass is 14.2. The van der Waals surface area contributed by atoms with Crippen LogP contribution in [0.15, 0.2) is 58.2 Å². The highest BCUT2D eigenvalue weighted by Crippen LogP contribution is 2.30. The van der Waals surface area contributed by atoms with Gasteiger partial charge < -0.3 is 0 Å². The summed E-state index contributed by atoms with van der Waals surface area (Å²) in [6.07, 6.45) is 5.69. The van der Waals surface area contributed by atoms with Gasteiger partial charge >= 0.3 is 0 Å². The quantitative estimate of drug-likeness (QED) is 0.418. The van der Waals surface area contributed by atoms with Crippen molar-refractivity contribution in [2.75, 3.05) is 0 Å². The van der Waals surface area contributed by atoms with E-state index in [1.54, 1.807) is 0 Å². The zero-order valence-corrected chi connectivity index (χ0v) is 17.1. The fraction of sp³-hybridized carbons (Fsp3) is 0.565. The van der Waals surface area contributed by atoms with Crippen LogP contribution < -0.4 is 0 Å². The Bertz CT molecular complexity index is 539. The number of rotatable bonds is 7. The van der Waals surface area contributed by atoms with E-state index >= 15 is 0 Å². The van der Waals surface area contributed by atoms with Gasteiger partial charge in [-0.2, -0.15) is 0 Å². The summed E-state index contributed by atoms with van der Waals surface area (Å²) in [5.74, 6) is 0. The highest BCUT2D eigenvalue weighted by Gasteiger charge is 2.13. The summed E-state index contributed by atoms with van der Waals surface area (Å²) < 4.78 is 0. The van der Waals surface area contributed by atoms with Crippen LogP contribution in [0.3, 0.4) is 0 Å². The molecule has 0 heteroatoms. The monoisotopic (exact) mass is 314 g/mol. The Hall–Kier alpha value is -1.30. The Morgan fingerprint density at radius 1 is 0.870 bits per heavy atom. The van der Waals surface area contributed by atoms with Gasteiger partial charge in [-0.05, 0) is 81.6 Å². The lowest BCUT2D eigenvalue weighted by molar-refractivity contribution is 0.378. The number of allylic oxidation sites excluding steroid dienone is 8. The van der Waals surface area contributed by atoms with Crippen molar-refractivity contribution in [3.8, 4) is 0 Å². The Morgan fingerprint density at radius 3 is 1.74 bits per heavy atom. The number of hydrogen-bond acceptors (Lipinski definition) is 0. The molecule has 0 N–H and O–H groups in total. The standard InChI is InChI=1S/C23H38/c1-12-18(6)22(20(8)19(7)16(2)3)15-21(17(4)5)13-14-23(9,10)11/h15H,2,4,12-14H2,1,3,5-11H3/b20-19-,21-15+,22-18+. The SMILES string of the molecule is C=C(C)\C(C)=C(C)/C(/C=C(\CCC(C)(C)C)C(=C)C)=C(\C)CC. The fourth-order valence-corrected chi connectivity index (χ4v) is 2.36. The summed E-state index contributed by atoms with van der Waals surface area (Å²) in [4.78, 5) is 0. The molecule has 0 rings (SSSR count). The largest absolute Gasteiger partial charge is 0.0958 e. The van der Waals surface area contributed by atoms with E-state index in [0.717, 1.165) is 18.4 Å². The topological polar surface area (TPSA) is 0 Å². The lowest BCUT2D eigenvalue weighted by Crippen LogP contribution is -2.05. The molecule has 130 valence electrons. The van der Waals surface area contributed by atoms with Crippen LogP contribution in [0.2, 0.25) is 0 Å². The summed E-state index contributed by atoms with van der Waals surface area (Å²) in [6.45, 7) is 28.3. The van der Waals surface area contributed by atoms with E-state index in [4.69, 9.17) is 0 Å². The molecule has 0 saturated carbocycles. The Balaban J connectivity index is 5.96. The predicted molar refractivity (Wildman–Crippen MR) is 108 cm³/mol. The van der Waals surface area contributed by atoms with E-state index in [1.807, 2.05) is 0 Å². The van der Waals surface area contributed by atoms with Crippen LogP contribution in [0.4, 0.5) is 0 Å². The molecule has 0 unspecified atom stereocenters. The Morgan fingerprint density at radius 2 is 1.39 bits per heavy atom. The van der Waals surface area contributed by atoms with Crippen molar-refractivity contribution in [3.63, 3.8) is 0 Å². The first-order valence-electron chi connectivity index (χ1n) is 8.80. The summed E-state index contributed by atoms with van der Waals surface area (Å²) in [7, 11) is 0. The van der Waals surface area contributed by atoms with E-state index in [9.17, 15) is 0 Å². The smallest absolute Gasteiger partial charge is 0.0233 e. The molecule has 0 heterocycles. The van der Waals surface area contributed by atoms with E-state index < -0.39 is 0 Å². The van der Waals surface area contributed by atoms with Crippen LogP contribution in [-0.4, -0.2) is 0 Å². The second-order valence-electron chi connectivity index (χ2n) is 8.09. The first kappa shape index (κ1) is 21.7. The van der Waals surface area contributed by atoms with Crippen LogP contribution in [-0.2, 0) is 0 Å². The molecule has 0 aliphatic rings. The lowest BCUT2D eigenvalue weighted by Gasteiger charge is -2.20. The maximum Gasteiger partial charge on any atom is -0.0233 e. The zero-order chi connectivity index (χ0) is 18.4. The van der Waals surface area contributed by atoms with Gasteiger partial charge in [0.15, 0.2) is 0 Å². The molecule has 0 radical (unpaired) electrons. The molecule has 0 fully saturated rings. The molecule has 0 nitrogen and oxygen atoms in total. The summed E-state index contributed by atoms with van der Waals surface area (Å²) in [6, 6.07) is 0. The fourth-order valence-electron chi connectivity index (χ4n) is 2.36. The molecule has 0 bridgehead atoms. The van der Waals surface area contributed by atoms with Crippen LogP contribution in [0.5, 0.6) is 0 Å².